The lowest BCUT2D eigenvalue weighted by molar-refractivity contribution is -0.143. The first-order valence-electron chi connectivity index (χ1n) is 11.0. The molecule has 30 heavy (non-hydrogen) atoms. The minimum atomic E-state index is -0.195. The fraction of sp³-hybridized carbons (Fsp3) is 0.500. The number of nitrogens with one attached hydrogen (secondary N) is 1. The summed E-state index contributed by atoms with van der Waals surface area (Å²) in [7, 11) is 0. The summed E-state index contributed by atoms with van der Waals surface area (Å²) < 4.78 is 5.13. The maximum Gasteiger partial charge on any atom is 0.306 e. The normalized spacial score (nSPS) is 14.2. The van der Waals surface area contributed by atoms with Crippen LogP contribution in [0.25, 0.3) is 0 Å². The van der Waals surface area contributed by atoms with Gasteiger partial charge in [0.2, 0.25) is 0 Å². The van der Waals surface area contributed by atoms with Gasteiger partial charge in [-0.1, -0.05) is 18.2 Å². The standard InChI is InChI=1S/C24H32N4O2/c1-3-30-23(29)15-20(21-16-26-18(2)27-17-21)9-6-4-5-7-11-22-13-12-19-10-8-14-25-24(19)28-22/h6,9,12-13,16-17,20H,3-5,7-8,10-11,14-15H2,1-2H3,(H,25,28). The van der Waals surface area contributed by atoms with Crippen molar-refractivity contribution in [1.82, 2.24) is 15.0 Å². The zero-order valence-electron chi connectivity index (χ0n) is 18.1. The van der Waals surface area contributed by atoms with Crippen molar-refractivity contribution in [3.05, 3.63) is 59.3 Å². The minimum Gasteiger partial charge on any atom is -0.466 e. The molecule has 1 aliphatic rings. The highest BCUT2D eigenvalue weighted by Crippen LogP contribution is 2.22. The number of pyridine rings is 1. The molecule has 1 aliphatic heterocycles. The van der Waals surface area contributed by atoms with E-state index < -0.39 is 0 Å². The molecule has 3 rings (SSSR count). The third kappa shape index (κ3) is 6.65. The van der Waals surface area contributed by atoms with Crippen LogP contribution >= 0.6 is 0 Å². The summed E-state index contributed by atoms with van der Waals surface area (Å²) in [5, 5.41) is 3.40. The number of nitrogens with zero attached hydrogens (tertiary/aromatic N) is 3. The molecule has 6 heteroatoms. The van der Waals surface area contributed by atoms with E-state index in [-0.39, 0.29) is 11.9 Å². The molecule has 1 unspecified atom stereocenters. The van der Waals surface area contributed by atoms with Crippen molar-refractivity contribution in [2.75, 3.05) is 18.5 Å². The summed E-state index contributed by atoms with van der Waals surface area (Å²) in [6.45, 7) is 5.10. The van der Waals surface area contributed by atoms with E-state index in [4.69, 9.17) is 9.72 Å². The summed E-state index contributed by atoms with van der Waals surface area (Å²) in [5.74, 6) is 1.54. The fourth-order valence-electron chi connectivity index (χ4n) is 3.63. The first kappa shape index (κ1) is 21.9. The quantitative estimate of drug-likeness (QED) is 0.353. The van der Waals surface area contributed by atoms with Crippen LogP contribution in [0, 0.1) is 6.92 Å². The second kappa shape index (κ2) is 11.4. The van der Waals surface area contributed by atoms with Gasteiger partial charge in [0.05, 0.1) is 13.0 Å². The van der Waals surface area contributed by atoms with E-state index in [1.54, 1.807) is 12.4 Å². The molecule has 0 amide bonds. The van der Waals surface area contributed by atoms with Crippen molar-refractivity contribution >= 4 is 11.8 Å². The Morgan fingerprint density at radius 2 is 2.10 bits per heavy atom. The first-order chi connectivity index (χ1) is 14.7. The van der Waals surface area contributed by atoms with Crippen LogP contribution < -0.4 is 5.32 Å². The smallest absolute Gasteiger partial charge is 0.306 e. The Hall–Kier alpha value is -2.76. The SMILES string of the molecule is CCOC(=O)CC(C=CCCCCc1ccc2c(n1)NCCC2)c1cnc(C)nc1. The highest BCUT2D eigenvalue weighted by molar-refractivity contribution is 5.71. The van der Waals surface area contributed by atoms with Crippen LogP contribution in [-0.2, 0) is 22.4 Å². The molecule has 1 atom stereocenters. The van der Waals surface area contributed by atoms with Crippen molar-refractivity contribution in [2.45, 2.75) is 64.7 Å². The molecule has 0 aliphatic carbocycles. The number of allylic oxidation sites excluding steroid dienone is 2. The zero-order chi connectivity index (χ0) is 21.2. The first-order valence-corrected chi connectivity index (χ1v) is 11.0. The third-order valence-corrected chi connectivity index (χ3v) is 5.29. The van der Waals surface area contributed by atoms with Gasteiger partial charge in [-0.05, 0) is 69.6 Å². The van der Waals surface area contributed by atoms with Crippen LogP contribution in [-0.4, -0.2) is 34.1 Å². The molecule has 0 spiro atoms. The lowest BCUT2D eigenvalue weighted by Crippen LogP contribution is -2.13. The number of aromatic nitrogens is 3. The second-order valence-electron chi connectivity index (χ2n) is 7.69. The van der Waals surface area contributed by atoms with E-state index in [1.165, 1.54) is 12.0 Å². The number of carbonyl (C=O) groups excluding carboxylic acids is 1. The van der Waals surface area contributed by atoms with Gasteiger partial charge < -0.3 is 10.1 Å². The Bertz CT molecular complexity index is 849. The van der Waals surface area contributed by atoms with Crippen molar-refractivity contribution in [3.8, 4) is 0 Å². The third-order valence-electron chi connectivity index (χ3n) is 5.29. The van der Waals surface area contributed by atoms with Crippen molar-refractivity contribution < 1.29 is 9.53 Å². The largest absolute Gasteiger partial charge is 0.466 e. The van der Waals surface area contributed by atoms with E-state index >= 15 is 0 Å². The molecule has 0 fully saturated rings. The average molecular weight is 409 g/mol. The molecular weight excluding hydrogens is 376 g/mol. The molecule has 1 N–H and O–H groups in total. The molecular formula is C24H32N4O2. The van der Waals surface area contributed by atoms with E-state index in [0.717, 1.165) is 61.5 Å². The Kier molecular flexibility index (Phi) is 8.36. The van der Waals surface area contributed by atoms with E-state index in [2.05, 4.69) is 39.6 Å². The van der Waals surface area contributed by atoms with E-state index in [0.29, 0.717) is 13.0 Å². The van der Waals surface area contributed by atoms with E-state index in [9.17, 15) is 4.79 Å². The predicted molar refractivity (Wildman–Crippen MR) is 119 cm³/mol. The van der Waals surface area contributed by atoms with Crippen LogP contribution in [0.1, 0.15) is 67.6 Å². The van der Waals surface area contributed by atoms with Gasteiger partial charge in [0.1, 0.15) is 11.6 Å². The molecule has 6 nitrogen and oxygen atoms in total. The number of ether oxygens (including phenoxy) is 1. The van der Waals surface area contributed by atoms with Crippen LogP contribution in [0.4, 0.5) is 5.82 Å². The van der Waals surface area contributed by atoms with Gasteiger partial charge in [0, 0.05) is 30.6 Å². The van der Waals surface area contributed by atoms with Gasteiger partial charge in [0.15, 0.2) is 0 Å². The lowest BCUT2D eigenvalue weighted by Gasteiger charge is -2.17. The van der Waals surface area contributed by atoms with Crippen molar-refractivity contribution in [1.29, 1.82) is 0 Å². The topological polar surface area (TPSA) is 77.0 Å². The van der Waals surface area contributed by atoms with Gasteiger partial charge in [-0.25, -0.2) is 15.0 Å². The Morgan fingerprint density at radius 3 is 2.90 bits per heavy atom. The highest BCUT2D eigenvalue weighted by Gasteiger charge is 2.15. The lowest BCUT2D eigenvalue weighted by atomic mass is 9.97. The number of rotatable bonds is 10. The second-order valence-corrected chi connectivity index (χ2v) is 7.69. The molecule has 0 saturated carbocycles. The maximum absolute atomic E-state index is 12.0. The van der Waals surface area contributed by atoms with Gasteiger partial charge in [-0.15, -0.1) is 0 Å². The summed E-state index contributed by atoms with van der Waals surface area (Å²) in [6, 6.07) is 4.38. The molecule has 2 aromatic rings. The Morgan fingerprint density at radius 1 is 1.27 bits per heavy atom. The van der Waals surface area contributed by atoms with Crippen molar-refractivity contribution in [3.63, 3.8) is 0 Å². The van der Waals surface area contributed by atoms with Crippen molar-refractivity contribution in [2.24, 2.45) is 0 Å². The van der Waals surface area contributed by atoms with E-state index in [1.807, 2.05) is 13.8 Å². The molecule has 0 saturated heterocycles. The molecule has 2 aromatic heterocycles. The van der Waals surface area contributed by atoms with Gasteiger partial charge in [-0.3, -0.25) is 4.79 Å². The van der Waals surface area contributed by atoms with Gasteiger partial charge in [-0.2, -0.15) is 0 Å². The van der Waals surface area contributed by atoms with Crippen LogP contribution in [0.5, 0.6) is 0 Å². The number of aryl methyl sites for hydroxylation is 3. The number of carbonyl (C=O) groups is 1. The Labute approximate surface area is 179 Å². The number of esters is 1. The molecule has 3 heterocycles. The van der Waals surface area contributed by atoms with Crippen LogP contribution in [0.2, 0.25) is 0 Å². The highest BCUT2D eigenvalue weighted by atomic mass is 16.5. The Balaban J connectivity index is 1.48. The number of unbranched alkanes of at least 4 members (excludes halogenated alkanes) is 2. The van der Waals surface area contributed by atoms with Crippen LogP contribution in [0.15, 0.2) is 36.7 Å². The summed E-state index contributed by atoms with van der Waals surface area (Å²) >= 11 is 0. The fourth-order valence-corrected chi connectivity index (χ4v) is 3.63. The molecule has 0 aromatic carbocycles. The van der Waals surface area contributed by atoms with Gasteiger partial charge in [0.25, 0.3) is 0 Å². The molecule has 0 bridgehead atoms. The predicted octanol–water partition coefficient (Wildman–Crippen LogP) is 4.54. The zero-order valence-corrected chi connectivity index (χ0v) is 18.1. The summed E-state index contributed by atoms with van der Waals surface area (Å²) in [5.41, 5.74) is 3.43. The van der Waals surface area contributed by atoms with Gasteiger partial charge >= 0.3 is 5.97 Å². The molecule has 0 radical (unpaired) electrons. The number of fused-ring (bicyclic) bond motifs is 1. The maximum atomic E-state index is 12.0. The van der Waals surface area contributed by atoms with Crippen LogP contribution in [0.3, 0.4) is 0 Å². The number of hydrogen-bond donors (Lipinski definition) is 1. The summed E-state index contributed by atoms with van der Waals surface area (Å²) in [4.78, 5) is 25.3. The summed E-state index contributed by atoms with van der Waals surface area (Å²) in [6.07, 6.45) is 14.6. The number of hydrogen-bond acceptors (Lipinski definition) is 6. The number of anilines is 1. The molecule has 160 valence electrons. The monoisotopic (exact) mass is 408 g/mol. The minimum absolute atomic E-state index is 0.0574. The average Bonchev–Trinajstić information content (AvgIpc) is 2.76.